The minimum atomic E-state index is -3.31. The third-order valence-electron chi connectivity index (χ3n) is 2.90. The maximum absolute atomic E-state index is 11.9. The Morgan fingerprint density at radius 2 is 1.74 bits per heavy atom. The highest BCUT2D eigenvalue weighted by Crippen LogP contribution is 2.14. The van der Waals surface area contributed by atoms with Crippen LogP contribution in [0.15, 0.2) is 29.2 Å². The second kappa shape index (κ2) is 7.03. The van der Waals surface area contributed by atoms with Crippen LogP contribution in [0, 0.1) is 0 Å². The third kappa shape index (κ3) is 4.93. The Kier molecular flexibility index (Phi) is 5.97. The molecule has 0 heterocycles. The number of aryl methyl sites for hydroxylation is 1. The molecule has 4 nitrogen and oxygen atoms in total. The molecule has 0 atom stereocenters. The monoisotopic (exact) mass is 284 g/mol. The van der Waals surface area contributed by atoms with Crippen molar-refractivity contribution in [3.8, 4) is 0 Å². The molecule has 0 unspecified atom stereocenters. The number of benzene rings is 1. The predicted octanol–water partition coefficient (Wildman–Crippen LogP) is 1.87. The molecule has 0 spiro atoms. The van der Waals surface area contributed by atoms with E-state index in [1.807, 2.05) is 12.1 Å². The average molecular weight is 284 g/mol. The lowest BCUT2D eigenvalue weighted by atomic mass is 10.1. The highest BCUT2D eigenvalue weighted by molar-refractivity contribution is 7.89. The Bertz CT molecular complexity index is 479. The van der Waals surface area contributed by atoms with Crippen molar-refractivity contribution in [2.75, 3.05) is 20.6 Å². The van der Waals surface area contributed by atoms with E-state index in [-0.39, 0.29) is 0 Å². The summed E-state index contributed by atoms with van der Waals surface area (Å²) in [5.41, 5.74) is 1.17. The van der Waals surface area contributed by atoms with Gasteiger partial charge in [-0.05, 0) is 37.1 Å². The molecule has 0 radical (unpaired) electrons. The van der Waals surface area contributed by atoms with Crippen LogP contribution in [0.1, 0.15) is 25.8 Å². The van der Waals surface area contributed by atoms with Gasteiger partial charge in [-0.2, -0.15) is 0 Å². The highest BCUT2D eigenvalue weighted by atomic mass is 32.2. The molecule has 0 saturated heterocycles. The minimum Gasteiger partial charge on any atom is -0.315 e. The van der Waals surface area contributed by atoms with E-state index in [2.05, 4.69) is 19.2 Å². The number of hydrogen-bond acceptors (Lipinski definition) is 3. The Labute approximate surface area is 116 Å². The lowest BCUT2D eigenvalue weighted by Crippen LogP contribution is -2.24. The summed E-state index contributed by atoms with van der Waals surface area (Å²) in [4.78, 5) is 0.349. The molecule has 0 amide bonds. The summed E-state index contributed by atoms with van der Waals surface area (Å²) in [6.07, 6.45) is 2.01. The lowest BCUT2D eigenvalue weighted by molar-refractivity contribution is 0.520. The highest BCUT2D eigenvalue weighted by Gasteiger charge is 2.16. The van der Waals surface area contributed by atoms with Crippen LogP contribution < -0.4 is 5.32 Å². The van der Waals surface area contributed by atoms with Crippen molar-refractivity contribution < 1.29 is 8.42 Å². The summed E-state index contributed by atoms with van der Waals surface area (Å²) in [5.74, 6) is 0. The molecule has 0 aliphatic carbocycles. The first-order valence-corrected chi connectivity index (χ1v) is 8.03. The summed E-state index contributed by atoms with van der Waals surface area (Å²) in [6.45, 7) is 5.23. The van der Waals surface area contributed by atoms with Gasteiger partial charge in [0.05, 0.1) is 4.90 Å². The van der Waals surface area contributed by atoms with E-state index in [0.717, 1.165) is 19.4 Å². The predicted molar refractivity (Wildman–Crippen MR) is 78.8 cm³/mol. The molecule has 0 bridgehead atoms. The molecular formula is C14H24N2O2S. The quantitative estimate of drug-likeness (QED) is 0.778. The number of nitrogens with zero attached hydrogens (tertiary/aromatic N) is 1. The van der Waals surface area contributed by atoms with Crippen LogP contribution in [0.25, 0.3) is 0 Å². The Morgan fingerprint density at radius 3 is 2.21 bits per heavy atom. The van der Waals surface area contributed by atoms with Gasteiger partial charge in [-0.15, -0.1) is 0 Å². The van der Waals surface area contributed by atoms with Gasteiger partial charge in [-0.25, -0.2) is 12.7 Å². The Hall–Kier alpha value is -0.910. The summed E-state index contributed by atoms with van der Waals surface area (Å²) >= 11 is 0. The molecule has 0 aliphatic heterocycles. The molecule has 1 aromatic rings. The second-order valence-electron chi connectivity index (χ2n) is 5.14. The van der Waals surface area contributed by atoms with E-state index >= 15 is 0 Å². The number of sulfonamides is 1. The van der Waals surface area contributed by atoms with E-state index in [4.69, 9.17) is 0 Å². The van der Waals surface area contributed by atoms with Gasteiger partial charge in [-0.3, -0.25) is 0 Å². The molecule has 19 heavy (non-hydrogen) atoms. The zero-order valence-corrected chi connectivity index (χ0v) is 13.0. The fraction of sp³-hybridized carbons (Fsp3) is 0.571. The van der Waals surface area contributed by atoms with E-state index in [9.17, 15) is 8.42 Å². The molecule has 0 saturated carbocycles. The first-order chi connectivity index (χ1) is 8.84. The zero-order chi connectivity index (χ0) is 14.5. The van der Waals surface area contributed by atoms with Gasteiger partial charge in [0.2, 0.25) is 10.0 Å². The van der Waals surface area contributed by atoms with Crippen LogP contribution in [0.2, 0.25) is 0 Å². The fourth-order valence-electron chi connectivity index (χ4n) is 1.72. The third-order valence-corrected chi connectivity index (χ3v) is 4.73. The summed E-state index contributed by atoms with van der Waals surface area (Å²) < 4.78 is 25.0. The first-order valence-electron chi connectivity index (χ1n) is 6.59. The molecule has 5 heteroatoms. The van der Waals surface area contributed by atoms with Crippen LogP contribution in [-0.2, 0) is 16.4 Å². The normalized spacial score (nSPS) is 12.3. The lowest BCUT2D eigenvalue weighted by Gasteiger charge is -2.12. The van der Waals surface area contributed by atoms with E-state index in [1.54, 1.807) is 26.2 Å². The number of nitrogens with one attached hydrogen (secondary N) is 1. The van der Waals surface area contributed by atoms with Crippen molar-refractivity contribution in [2.45, 2.75) is 37.6 Å². The van der Waals surface area contributed by atoms with Crippen molar-refractivity contribution in [1.29, 1.82) is 0 Å². The van der Waals surface area contributed by atoms with Gasteiger partial charge in [0.25, 0.3) is 0 Å². The van der Waals surface area contributed by atoms with Crippen LogP contribution in [-0.4, -0.2) is 39.4 Å². The molecule has 0 fully saturated rings. The van der Waals surface area contributed by atoms with Crippen molar-refractivity contribution >= 4 is 10.0 Å². The molecule has 0 aliphatic rings. The second-order valence-corrected chi connectivity index (χ2v) is 7.30. The van der Waals surface area contributed by atoms with Gasteiger partial charge in [-0.1, -0.05) is 26.0 Å². The summed E-state index contributed by atoms with van der Waals surface area (Å²) in [5, 5.41) is 3.36. The zero-order valence-electron chi connectivity index (χ0n) is 12.2. The van der Waals surface area contributed by atoms with Crippen LogP contribution >= 0.6 is 0 Å². The van der Waals surface area contributed by atoms with E-state index < -0.39 is 10.0 Å². The maximum Gasteiger partial charge on any atom is 0.242 e. The van der Waals surface area contributed by atoms with E-state index in [1.165, 1.54) is 9.87 Å². The van der Waals surface area contributed by atoms with E-state index in [0.29, 0.717) is 10.9 Å². The SMILES string of the molecule is CC(C)NCCCc1ccc(S(=O)(=O)N(C)C)cc1. The van der Waals surface area contributed by atoms with Crippen molar-refractivity contribution in [1.82, 2.24) is 9.62 Å². The van der Waals surface area contributed by atoms with Crippen molar-refractivity contribution in [3.63, 3.8) is 0 Å². The Morgan fingerprint density at radius 1 is 1.16 bits per heavy atom. The molecule has 1 rings (SSSR count). The molecule has 108 valence electrons. The molecular weight excluding hydrogens is 260 g/mol. The molecule has 1 N–H and O–H groups in total. The minimum absolute atomic E-state index is 0.349. The number of rotatable bonds is 7. The van der Waals surface area contributed by atoms with Crippen LogP contribution in [0.4, 0.5) is 0 Å². The molecule has 1 aromatic carbocycles. The van der Waals surface area contributed by atoms with Crippen molar-refractivity contribution in [3.05, 3.63) is 29.8 Å². The summed E-state index contributed by atoms with van der Waals surface area (Å²) in [6, 6.07) is 7.66. The average Bonchev–Trinajstić information content (AvgIpc) is 2.35. The van der Waals surface area contributed by atoms with Gasteiger partial charge in [0.15, 0.2) is 0 Å². The van der Waals surface area contributed by atoms with Crippen LogP contribution in [0.5, 0.6) is 0 Å². The smallest absolute Gasteiger partial charge is 0.242 e. The van der Waals surface area contributed by atoms with Gasteiger partial charge in [0, 0.05) is 20.1 Å². The fourth-order valence-corrected chi connectivity index (χ4v) is 2.62. The Balaban J connectivity index is 2.58. The van der Waals surface area contributed by atoms with Crippen LogP contribution in [0.3, 0.4) is 0 Å². The first kappa shape index (κ1) is 16.1. The standard InChI is InChI=1S/C14H24N2O2S/c1-12(2)15-11-5-6-13-7-9-14(10-8-13)19(17,18)16(3)4/h7-10,12,15H,5-6,11H2,1-4H3. The van der Waals surface area contributed by atoms with Gasteiger partial charge >= 0.3 is 0 Å². The van der Waals surface area contributed by atoms with Gasteiger partial charge in [0.1, 0.15) is 0 Å². The summed E-state index contributed by atoms with van der Waals surface area (Å²) in [7, 11) is -0.224. The number of hydrogen-bond donors (Lipinski definition) is 1. The topological polar surface area (TPSA) is 49.4 Å². The van der Waals surface area contributed by atoms with Crippen molar-refractivity contribution in [2.24, 2.45) is 0 Å². The van der Waals surface area contributed by atoms with Gasteiger partial charge < -0.3 is 5.32 Å². The maximum atomic E-state index is 11.9. The molecule has 0 aromatic heterocycles. The largest absolute Gasteiger partial charge is 0.315 e.